The van der Waals surface area contributed by atoms with Crippen LogP contribution in [0.5, 0.6) is 0 Å². The van der Waals surface area contributed by atoms with Crippen molar-refractivity contribution >= 4 is 34.3 Å². The van der Waals surface area contributed by atoms with Gasteiger partial charge in [0.1, 0.15) is 0 Å². The van der Waals surface area contributed by atoms with E-state index in [-0.39, 0.29) is 46.6 Å². The Kier molecular flexibility index (Phi) is 9.99. The quantitative estimate of drug-likeness (QED) is 0.0632. The average molecular weight is 605 g/mol. The Labute approximate surface area is 226 Å². The number of amides is 1. The molecule has 0 unspecified atom stereocenters. The molecule has 2 aromatic rings. The number of halogens is 8. The molecule has 0 aliphatic carbocycles. The smallest absolute Gasteiger partial charge is 0.396 e. The van der Waals surface area contributed by atoms with Crippen molar-refractivity contribution in [1.29, 1.82) is 5.41 Å². The van der Waals surface area contributed by atoms with Crippen LogP contribution in [0.4, 0.5) is 46.6 Å². The first-order chi connectivity index (χ1) is 18.3. The van der Waals surface area contributed by atoms with Gasteiger partial charge >= 0.3 is 18.0 Å². The number of pyridine rings is 1. The number of thioether (sulfide) groups is 1. The highest BCUT2D eigenvalue weighted by atomic mass is 32.2. The molecule has 0 saturated carbocycles. The Morgan fingerprint density at radius 3 is 2.33 bits per heavy atom. The van der Waals surface area contributed by atoms with Crippen LogP contribution >= 0.6 is 11.8 Å². The van der Waals surface area contributed by atoms with Crippen molar-refractivity contribution < 1.29 is 49.9 Å². The molecule has 1 aromatic heterocycles. The molecule has 0 saturated heterocycles. The number of aliphatic hydroxyl groups excluding tert-OH is 1. The molecule has 2 rings (SSSR count). The molecular formula is C22H24F8N6O3S. The van der Waals surface area contributed by atoms with Crippen molar-refractivity contribution in [2.24, 2.45) is 5.84 Å². The van der Waals surface area contributed by atoms with E-state index in [1.807, 2.05) is 5.32 Å². The summed E-state index contributed by atoms with van der Waals surface area (Å²) in [6.07, 6.45) is -6.58. The van der Waals surface area contributed by atoms with E-state index in [1.54, 1.807) is 13.8 Å². The van der Waals surface area contributed by atoms with E-state index in [0.29, 0.717) is 11.8 Å². The molecule has 1 heterocycles. The fourth-order valence-corrected chi connectivity index (χ4v) is 3.99. The molecule has 0 radical (unpaired) electrons. The first-order valence-electron chi connectivity index (χ1n) is 10.9. The number of benzene rings is 1. The molecule has 1 aromatic carbocycles. The van der Waals surface area contributed by atoms with Crippen LogP contribution in [-0.2, 0) is 10.8 Å². The molecule has 0 spiro atoms. The zero-order valence-corrected chi connectivity index (χ0v) is 21.8. The molecule has 0 aliphatic rings. The number of hydrogen-bond donors (Lipinski definition) is 5. The highest BCUT2D eigenvalue weighted by Gasteiger charge is 2.73. The summed E-state index contributed by atoms with van der Waals surface area (Å²) in [5.74, 6) is -10.4. The van der Waals surface area contributed by atoms with Crippen molar-refractivity contribution in [2.75, 3.05) is 24.5 Å². The van der Waals surface area contributed by atoms with Crippen LogP contribution in [0.3, 0.4) is 0 Å². The van der Waals surface area contributed by atoms with Crippen molar-refractivity contribution in [3.63, 3.8) is 0 Å². The molecule has 18 heteroatoms. The normalized spacial score (nSPS) is 12.7. The summed E-state index contributed by atoms with van der Waals surface area (Å²) in [6.45, 7) is 3.05. The lowest BCUT2D eigenvalue weighted by molar-refractivity contribution is -0.359. The summed E-state index contributed by atoms with van der Waals surface area (Å²) in [5, 5.41) is 20.2. The maximum Gasteiger partial charge on any atom is 0.460 e. The van der Waals surface area contributed by atoms with E-state index in [1.165, 1.54) is 25.3 Å². The number of anilines is 2. The molecule has 6 N–H and O–H groups in total. The lowest BCUT2D eigenvalue weighted by Gasteiger charge is -2.35. The second-order valence-corrected chi connectivity index (χ2v) is 9.77. The van der Waals surface area contributed by atoms with Gasteiger partial charge in [0.25, 0.3) is 5.91 Å². The van der Waals surface area contributed by atoms with E-state index in [2.05, 4.69) is 10.5 Å². The number of nitrogens with zero attached hydrogens (tertiary/aromatic N) is 2. The van der Waals surface area contributed by atoms with Crippen LogP contribution in [0.2, 0.25) is 0 Å². The topological polar surface area (TPSA) is 137 Å². The standard InChI is InChI=1S/C22H24F8N6O3S/c1-19(2,6-7-37)36(32)18(31)40-15-5-4-12(35-39-3)9-13(15)17(38)34-16-14(23)8-11(10-33-16)20(24,25)21(26,27)22(28,29)30/h4-5,8-10,31,35,37H,6-7,32H2,1-3H3,(H,33,34,38). The summed E-state index contributed by atoms with van der Waals surface area (Å²) >= 11 is 0.682. The summed E-state index contributed by atoms with van der Waals surface area (Å²) in [4.78, 5) is 20.9. The Morgan fingerprint density at radius 2 is 1.80 bits per heavy atom. The van der Waals surface area contributed by atoms with Crippen molar-refractivity contribution in [1.82, 2.24) is 9.99 Å². The molecule has 0 aliphatic heterocycles. The van der Waals surface area contributed by atoms with Gasteiger partial charge in [0.2, 0.25) is 0 Å². The van der Waals surface area contributed by atoms with E-state index in [0.717, 1.165) is 5.01 Å². The number of alkyl halides is 7. The van der Waals surface area contributed by atoms with Crippen LogP contribution in [0.25, 0.3) is 0 Å². The van der Waals surface area contributed by atoms with E-state index < -0.39 is 46.7 Å². The zero-order chi connectivity index (χ0) is 30.7. The Bertz CT molecular complexity index is 1250. The second kappa shape index (κ2) is 12.1. The van der Waals surface area contributed by atoms with Crippen LogP contribution in [0, 0.1) is 11.2 Å². The number of hydrogen-bond acceptors (Lipinski definition) is 8. The second-order valence-electron chi connectivity index (χ2n) is 8.74. The zero-order valence-electron chi connectivity index (χ0n) is 21.0. The van der Waals surface area contributed by atoms with Crippen molar-refractivity contribution in [3.8, 4) is 0 Å². The molecular weight excluding hydrogens is 580 g/mol. The van der Waals surface area contributed by atoms with Crippen molar-refractivity contribution in [3.05, 3.63) is 47.4 Å². The largest absolute Gasteiger partial charge is 0.460 e. The molecule has 1 amide bonds. The predicted octanol–water partition coefficient (Wildman–Crippen LogP) is 5.10. The number of nitrogens with one attached hydrogen (secondary N) is 3. The van der Waals surface area contributed by atoms with Crippen molar-refractivity contribution in [2.45, 2.75) is 48.7 Å². The molecule has 222 valence electrons. The maximum absolute atomic E-state index is 14.5. The van der Waals surface area contributed by atoms with Crippen LogP contribution in [0.15, 0.2) is 35.4 Å². The molecule has 40 heavy (non-hydrogen) atoms. The monoisotopic (exact) mass is 604 g/mol. The predicted molar refractivity (Wildman–Crippen MR) is 130 cm³/mol. The molecule has 0 atom stereocenters. The van der Waals surface area contributed by atoms with Crippen LogP contribution in [0.1, 0.15) is 36.2 Å². The Morgan fingerprint density at radius 1 is 1.18 bits per heavy atom. The van der Waals surface area contributed by atoms with Crippen LogP contribution < -0.4 is 16.6 Å². The number of nitrogens with two attached hydrogens (primary N) is 1. The minimum atomic E-state index is -6.64. The molecule has 0 bridgehead atoms. The average Bonchev–Trinajstić information content (AvgIpc) is 2.84. The summed E-state index contributed by atoms with van der Waals surface area (Å²) < 4.78 is 106. The lowest BCUT2D eigenvalue weighted by Crippen LogP contribution is -2.51. The highest BCUT2D eigenvalue weighted by Crippen LogP contribution is 2.51. The van der Waals surface area contributed by atoms with Gasteiger partial charge in [-0.05, 0) is 44.5 Å². The van der Waals surface area contributed by atoms with Gasteiger partial charge in [0.15, 0.2) is 16.8 Å². The van der Waals surface area contributed by atoms with Gasteiger partial charge in [-0.3, -0.25) is 25.5 Å². The maximum atomic E-state index is 14.5. The van der Waals surface area contributed by atoms with Gasteiger partial charge in [-0.2, -0.15) is 30.7 Å². The summed E-state index contributed by atoms with van der Waals surface area (Å²) in [5.41, 5.74) is -0.565. The molecule has 0 fully saturated rings. The van der Waals surface area contributed by atoms with Gasteiger partial charge in [-0.15, -0.1) is 0 Å². The summed E-state index contributed by atoms with van der Waals surface area (Å²) in [7, 11) is 1.26. The Hall–Kier alpha value is -3.22. The first-order valence-corrected chi connectivity index (χ1v) is 11.8. The number of aliphatic hydroxyl groups is 1. The van der Waals surface area contributed by atoms with Gasteiger partial charge < -0.3 is 10.4 Å². The van der Waals surface area contributed by atoms with Gasteiger partial charge in [0, 0.05) is 23.3 Å². The first kappa shape index (κ1) is 33.0. The number of rotatable bonds is 10. The third-order valence-electron chi connectivity index (χ3n) is 5.43. The number of hydrazine groups is 1. The van der Waals surface area contributed by atoms with E-state index >= 15 is 0 Å². The Balaban J connectivity index is 2.40. The number of amidine groups is 1. The number of aromatic nitrogens is 1. The number of carbonyl (C=O) groups is 1. The van der Waals surface area contributed by atoms with Gasteiger partial charge in [0.05, 0.1) is 23.9 Å². The fraction of sp³-hybridized carbons (Fsp3) is 0.409. The third kappa shape index (κ3) is 6.91. The third-order valence-corrected chi connectivity index (χ3v) is 6.40. The minimum Gasteiger partial charge on any atom is -0.396 e. The summed E-state index contributed by atoms with van der Waals surface area (Å²) in [6, 6.07) is 3.69. The SMILES string of the molecule is CONc1ccc(SC(=N)N(N)C(C)(C)CCO)c(C(=O)Nc2ncc(C(F)(F)C(F)(F)C(F)(F)F)cc2F)c1. The highest BCUT2D eigenvalue weighted by molar-refractivity contribution is 8.13. The minimum absolute atomic E-state index is 0.0767. The van der Waals surface area contributed by atoms with Crippen LogP contribution in [-0.4, -0.2) is 57.5 Å². The fourth-order valence-electron chi connectivity index (χ4n) is 3.04. The number of carbonyl (C=O) groups excluding carboxylic acids is 1. The van der Waals surface area contributed by atoms with E-state index in [4.69, 9.17) is 16.1 Å². The van der Waals surface area contributed by atoms with E-state index in [9.17, 15) is 45.0 Å². The lowest BCUT2D eigenvalue weighted by atomic mass is 10.0. The van der Waals surface area contributed by atoms with Gasteiger partial charge in [-0.25, -0.2) is 15.2 Å². The van der Waals surface area contributed by atoms with Gasteiger partial charge in [-0.1, -0.05) is 11.8 Å². The molecule has 9 nitrogen and oxygen atoms in total.